The number of allylic oxidation sites excluding steroid dienone is 4. The van der Waals surface area contributed by atoms with Crippen LogP contribution < -0.4 is 0 Å². The largest absolute Gasteiger partial charge is 0.466 e. The summed E-state index contributed by atoms with van der Waals surface area (Å²) >= 11 is 0. The lowest BCUT2D eigenvalue weighted by Gasteiger charge is -2.01. The summed E-state index contributed by atoms with van der Waals surface area (Å²) in [6.45, 7) is 6.86. The van der Waals surface area contributed by atoms with E-state index < -0.39 is 0 Å². The number of unbranched alkanes of at least 4 members (excludes halogenated alkanes) is 7. The minimum absolute atomic E-state index is 0.0477. The minimum Gasteiger partial charge on any atom is -0.466 e. The predicted molar refractivity (Wildman–Crippen MR) is 101 cm³/mol. The molecule has 0 aromatic rings. The Labute approximate surface area is 144 Å². The van der Waals surface area contributed by atoms with Crippen LogP contribution in [0, 0.1) is 0 Å². The lowest BCUT2D eigenvalue weighted by atomic mass is 10.1. The standard InChI is InChI=1S/C21H38O2/c1-4-6-14-17-20(3)18-15-12-10-8-7-9-11-13-16-19-21(22)23-5-2/h10,12,18H,4-9,11,13-17,19H2,1-3H3. The van der Waals surface area contributed by atoms with E-state index in [4.69, 9.17) is 4.74 Å². The molecule has 0 fully saturated rings. The van der Waals surface area contributed by atoms with Gasteiger partial charge in [0.1, 0.15) is 0 Å². The Morgan fingerprint density at radius 3 is 2.30 bits per heavy atom. The van der Waals surface area contributed by atoms with Gasteiger partial charge in [-0.2, -0.15) is 0 Å². The van der Waals surface area contributed by atoms with Gasteiger partial charge in [-0.1, -0.05) is 62.8 Å². The van der Waals surface area contributed by atoms with E-state index in [1.165, 1.54) is 56.9 Å². The highest BCUT2D eigenvalue weighted by Gasteiger charge is 2.00. The SMILES string of the molecule is CCCCCC(C)=CCC=CCCCCCCCC(=O)OCC. The quantitative estimate of drug-likeness (QED) is 0.189. The highest BCUT2D eigenvalue weighted by atomic mass is 16.5. The molecule has 0 aliphatic carbocycles. The molecule has 134 valence electrons. The van der Waals surface area contributed by atoms with E-state index in [1.807, 2.05) is 6.92 Å². The fraction of sp³-hybridized carbons (Fsp3) is 0.762. The van der Waals surface area contributed by atoms with Crippen molar-refractivity contribution in [1.82, 2.24) is 0 Å². The number of carbonyl (C=O) groups is 1. The minimum atomic E-state index is -0.0477. The van der Waals surface area contributed by atoms with E-state index >= 15 is 0 Å². The molecule has 0 unspecified atom stereocenters. The summed E-state index contributed by atoms with van der Waals surface area (Å²) in [7, 11) is 0. The molecule has 0 atom stereocenters. The average molecular weight is 323 g/mol. The molecule has 0 rings (SSSR count). The van der Waals surface area contributed by atoms with Crippen molar-refractivity contribution in [3.63, 3.8) is 0 Å². The van der Waals surface area contributed by atoms with Gasteiger partial charge in [0, 0.05) is 6.42 Å². The van der Waals surface area contributed by atoms with Crippen molar-refractivity contribution in [3.8, 4) is 0 Å². The molecule has 0 saturated carbocycles. The Kier molecular flexibility index (Phi) is 16.5. The van der Waals surface area contributed by atoms with Crippen LogP contribution in [0.1, 0.15) is 97.8 Å². The van der Waals surface area contributed by atoms with Gasteiger partial charge >= 0.3 is 5.97 Å². The van der Waals surface area contributed by atoms with Crippen LogP contribution in [0.4, 0.5) is 0 Å². The molecule has 0 aromatic heterocycles. The summed E-state index contributed by atoms with van der Waals surface area (Å²) in [5.41, 5.74) is 1.53. The van der Waals surface area contributed by atoms with Gasteiger partial charge < -0.3 is 4.74 Å². The molecule has 0 aliphatic heterocycles. The molecule has 0 N–H and O–H groups in total. The van der Waals surface area contributed by atoms with E-state index in [1.54, 1.807) is 0 Å². The van der Waals surface area contributed by atoms with Crippen molar-refractivity contribution < 1.29 is 9.53 Å². The maximum Gasteiger partial charge on any atom is 0.305 e. The van der Waals surface area contributed by atoms with Crippen LogP contribution in [0.5, 0.6) is 0 Å². The number of carbonyl (C=O) groups excluding carboxylic acids is 1. The van der Waals surface area contributed by atoms with Crippen molar-refractivity contribution >= 4 is 5.97 Å². The van der Waals surface area contributed by atoms with E-state index in [2.05, 4.69) is 32.1 Å². The second-order valence-corrected chi connectivity index (χ2v) is 6.33. The average Bonchev–Trinajstić information content (AvgIpc) is 2.53. The number of ether oxygens (including phenoxy) is 1. The van der Waals surface area contributed by atoms with Crippen LogP contribution in [0.2, 0.25) is 0 Å². The maximum atomic E-state index is 11.2. The van der Waals surface area contributed by atoms with Crippen LogP contribution in [0.15, 0.2) is 23.8 Å². The van der Waals surface area contributed by atoms with Gasteiger partial charge in [-0.3, -0.25) is 4.79 Å². The van der Waals surface area contributed by atoms with Gasteiger partial charge in [-0.15, -0.1) is 0 Å². The van der Waals surface area contributed by atoms with Crippen molar-refractivity contribution in [3.05, 3.63) is 23.8 Å². The normalized spacial score (nSPS) is 12.0. The molecule has 0 saturated heterocycles. The molecule has 2 heteroatoms. The summed E-state index contributed by atoms with van der Waals surface area (Å²) in [5, 5.41) is 0. The third kappa shape index (κ3) is 17.1. The lowest BCUT2D eigenvalue weighted by molar-refractivity contribution is -0.143. The summed E-state index contributed by atoms with van der Waals surface area (Å²) in [6, 6.07) is 0. The van der Waals surface area contributed by atoms with E-state index in [0.29, 0.717) is 13.0 Å². The number of hydrogen-bond acceptors (Lipinski definition) is 2. The highest BCUT2D eigenvalue weighted by molar-refractivity contribution is 5.69. The van der Waals surface area contributed by atoms with E-state index in [9.17, 15) is 4.79 Å². The molecular weight excluding hydrogens is 284 g/mol. The molecule has 0 radical (unpaired) electrons. The summed E-state index contributed by atoms with van der Waals surface area (Å²) in [5.74, 6) is -0.0477. The molecule has 0 heterocycles. The molecule has 0 aliphatic rings. The van der Waals surface area contributed by atoms with E-state index in [0.717, 1.165) is 19.3 Å². The molecule has 23 heavy (non-hydrogen) atoms. The fourth-order valence-corrected chi connectivity index (χ4v) is 2.53. The summed E-state index contributed by atoms with van der Waals surface area (Å²) < 4.78 is 4.92. The Morgan fingerprint density at radius 1 is 0.870 bits per heavy atom. The molecule has 0 aromatic carbocycles. The number of hydrogen-bond donors (Lipinski definition) is 0. The molecule has 2 nitrogen and oxygen atoms in total. The zero-order chi connectivity index (χ0) is 17.2. The molecule has 0 amide bonds. The Balaban J connectivity index is 3.37. The van der Waals surface area contributed by atoms with Crippen LogP contribution in [-0.2, 0) is 9.53 Å². The first-order chi connectivity index (χ1) is 11.2. The van der Waals surface area contributed by atoms with Crippen molar-refractivity contribution in [1.29, 1.82) is 0 Å². The monoisotopic (exact) mass is 322 g/mol. The van der Waals surface area contributed by atoms with Crippen LogP contribution >= 0.6 is 0 Å². The molecule has 0 bridgehead atoms. The van der Waals surface area contributed by atoms with Gasteiger partial charge in [0.2, 0.25) is 0 Å². The first kappa shape index (κ1) is 21.9. The zero-order valence-corrected chi connectivity index (χ0v) is 15.7. The lowest BCUT2D eigenvalue weighted by Crippen LogP contribution is -2.03. The highest BCUT2D eigenvalue weighted by Crippen LogP contribution is 2.10. The van der Waals surface area contributed by atoms with Gasteiger partial charge in [0.15, 0.2) is 0 Å². The zero-order valence-electron chi connectivity index (χ0n) is 15.7. The predicted octanol–water partition coefficient (Wildman–Crippen LogP) is 6.75. The Hall–Kier alpha value is -1.05. The van der Waals surface area contributed by atoms with Crippen LogP contribution in [0.3, 0.4) is 0 Å². The Morgan fingerprint density at radius 2 is 1.57 bits per heavy atom. The van der Waals surface area contributed by atoms with Crippen molar-refractivity contribution in [2.45, 2.75) is 97.8 Å². The first-order valence-corrected chi connectivity index (χ1v) is 9.66. The third-order valence-electron chi connectivity index (χ3n) is 4.00. The fourth-order valence-electron chi connectivity index (χ4n) is 2.53. The number of rotatable bonds is 15. The van der Waals surface area contributed by atoms with Gasteiger partial charge in [-0.05, 0) is 52.4 Å². The Bertz CT molecular complexity index is 329. The second-order valence-electron chi connectivity index (χ2n) is 6.33. The second kappa shape index (κ2) is 17.3. The molecular formula is C21H38O2. The first-order valence-electron chi connectivity index (χ1n) is 9.66. The topological polar surface area (TPSA) is 26.3 Å². The molecule has 0 spiro atoms. The van der Waals surface area contributed by atoms with Crippen LogP contribution in [0.25, 0.3) is 0 Å². The third-order valence-corrected chi connectivity index (χ3v) is 4.00. The van der Waals surface area contributed by atoms with Gasteiger partial charge in [0.05, 0.1) is 6.61 Å². The van der Waals surface area contributed by atoms with Crippen molar-refractivity contribution in [2.24, 2.45) is 0 Å². The van der Waals surface area contributed by atoms with Crippen molar-refractivity contribution in [2.75, 3.05) is 6.61 Å². The number of esters is 1. The summed E-state index contributed by atoms with van der Waals surface area (Å²) in [4.78, 5) is 11.2. The smallest absolute Gasteiger partial charge is 0.305 e. The summed E-state index contributed by atoms with van der Waals surface area (Å²) in [6.07, 6.45) is 20.9. The van der Waals surface area contributed by atoms with Gasteiger partial charge in [0.25, 0.3) is 0 Å². The van der Waals surface area contributed by atoms with E-state index in [-0.39, 0.29) is 5.97 Å². The van der Waals surface area contributed by atoms with Crippen LogP contribution in [-0.4, -0.2) is 12.6 Å². The maximum absolute atomic E-state index is 11.2. The van der Waals surface area contributed by atoms with Gasteiger partial charge in [-0.25, -0.2) is 0 Å².